The molecule has 1 heterocycles. The van der Waals surface area contributed by atoms with Gasteiger partial charge in [0.1, 0.15) is 0 Å². The summed E-state index contributed by atoms with van der Waals surface area (Å²) in [6, 6.07) is 5.75. The van der Waals surface area contributed by atoms with E-state index in [0.29, 0.717) is 13.2 Å². The number of sulfonamides is 1. The number of hydrogen-bond donors (Lipinski definition) is 0. The Labute approximate surface area is 139 Å². The maximum atomic E-state index is 14.0. The average molecular weight is 355 g/mol. The minimum absolute atomic E-state index is 0.00882. The molecule has 0 aliphatic heterocycles. The van der Waals surface area contributed by atoms with E-state index in [4.69, 9.17) is 4.74 Å². The maximum absolute atomic E-state index is 14.0. The molecule has 124 valence electrons. The largest absolute Gasteiger partial charge is 0.491 e. The molecule has 0 N–H and O–H groups in total. The quantitative estimate of drug-likeness (QED) is 0.762. The predicted octanol–water partition coefficient (Wildman–Crippen LogP) is 3.64. The third-order valence-electron chi connectivity index (χ3n) is 3.68. The van der Waals surface area contributed by atoms with Crippen LogP contribution in [0.5, 0.6) is 5.75 Å². The van der Waals surface area contributed by atoms with Crippen LogP contribution in [-0.4, -0.2) is 25.4 Å². The molecule has 4 nitrogen and oxygen atoms in total. The van der Waals surface area contributed by atoms with Crippen LogP contribution in [0.25, 0.3) is 0 Å². The van der Waals surface area contributed by atoms with Gasteiger partial charge in [-0.15, -0.1) is 0 Å². The summed E-state index contributed by atoms with van der Waals surface area (Å²) >= 11 is 1.53. The summed E-state index contributed by atoms with van der Waals surface area (Å²) in [4.78, 5) is -0.0272. The molecule has 1 saturated carbocycles. The van der Waals surface area contributed by atoms with Crippen LogP contribution in [0.15, 0.2) is 39.9 Å². The van der Waals surface area contributed by atoms with E-state index >= 15 is 0 Å². The Hall–Kier alpha value is -1.44. The summed E-state index contributed by atoms with van der Waals surface area (Å²) in [7, 11) is -3.73. The zero-order valence-electron chi connectivity index (χ0n) is 12.7. The first kappa shape index (κ1) is 16.4. The van der Waals surface area contributed by atoms with Gasteiger partial charge in [0, 0.05) is 12.6 Å². The number of benzene rings is 1. The molecule has 1 fully saturated rings. The van der Waals surface area contributed by atoms with Gasteiger partial charge in [0.2, 0.25) is 10.0 Å². The first-order valence-electron chi connectivity index (χ1n) is 7.47. The highest BCUT2D eigenvalue weighted by Gasteiger charge is 2.38. The van der Waals surface area contributed by atoms with Crippen LogP contribution >= 0.6 is 11.3 Å². The molecule has 1 aromatic carbocycles. The number of thiophene rings is 1. The molecule has 0 spiro atoms. The van der Waals surface area contributed by atoms with E-state index in [1.807, 2.05) is 16.8 Å². The maximum Gasteiger partial charge on any atom is 0.243 e. The van der Waals surface area contributed by atoms with Crippen LogP contribution in [0.4, 0.5) is 4.39 Å². The number of rotatable bonds is 7. The highest BCUT2D eigenvalue weighted by atomic mass is 32.2. The lowest BCUT2D eigenvalue weighted by molar-refractivity contribution is 0.321. The standard InChI is InChI=1S/C16H18FNO3S2/c1-2-21-16-6-5-14(9-15(16)17)23(19,20)18(13-3-4-13)10-12-7-8-22-11-12/h5-9,11,13H,2-4,10H2,1H3. The van der Waals surface area contributed by atoms with Crippen molar-refractivity contribution in [3.8, 4) is 5.75 Å². The van der Waals surface area contributed by atoms with Crippen LogP contribution in [0.3, 0.4) is 0 Å². The van der Waals surface area contributed by atoms with Crippen molar-refractivity contribution in [3.05, 3.63) is 46.4 Å². The van der Waals surface area contributed by atoms with Crippen LogP contribution in [-0.2, 0) is 16.6 Å². The Morgan fingerprint density at radius 2 is 2.13 bits per heavy atom. The van der Waals surface area contributed by atoms with E-state index in [1.165, 1.54) is 27.8 Å². The van der Waals surface area contributed by atoms with Crippen molar-refractivity contribution in [1.82, 2.24) is 4.31 Å². The fraction of sp³-hybridized carbons (Fsp3) is 0.375. The molecule has 2 aromatic rings. The zero-order valence-corrected chi connectivity index (χ0v) is 14.4. The number of ether oxygens (including phenoxy) is 1. The topological polar surface area (TPSA) is 46.6 Å². The number of hydrogen-bond acceptors (Lipinski definition) is 4. The fourth-order valence-corrected chi connectivity index (χ4v) is 4.73. The van der Waals surface area contributed by atoms with Gasteiger partial charge >= 0.3 is 0 Å². The molecule has 0 atom stereocenters. The second kappa shape index (κ2) is 6.59. The molecular weight excluding hydrogens is 337 g/mol. The summed E-state index contributed by atoms with van der Waals surface area (Å²) in [5.74, 6) is -0.582. The highest BCUT2D eigenvalue weighted by Crippen LogP contribution is 2.34. The van der Waals surface area contributed by atoms with Crippen molar-refractivity contribution < 1.29 is 17.5 Å². The molecular formula is C16H18FNO3S2. The Morgan fingerprint density at radius 3 is 2.70 bits per heavy atom. The minimum Gasteiger partial charge on any atom is -0.491 e. The van der Waals surface area contributed by atoms with Crippen LogP contribution in [0.1, 0.15) is 25.3 Å². The van der Waals surface area contributed by atoms with Crippen LogP contribution in [0, 0.1) is 5.82 Å². The van der Waals surface area contributed by atoms with Crippen molar-refractivity contribution in [2.75, 3.05) is 6.61 Å². The first-order valence-corrected chi connectivity index (χ1v) is 9.86. The average Bonchev–Trinajstić information content (AvgIpc) is 3.22. The molecule has 0 radical (unpaired) electrons. The van der Waals surface area contributed by atoms with E-state index in [2.05, 4.69) is 0 Å². The van der Waals surface area contributed by atoms with Gasteiger partial charge < -0.3 is 4.74 Å². The summed E-state index contributed by atoms with van der Waals surface area (Å²) < 4.78 is 46.4. The number of nitrogens with zero attached hydrogens (tertiary/aromatic N) is 1. The molecule has 1 aliphatic carbocycles. The summed E-state index contributed by atoms with van der Waals surface area (Å²) in [6.07, 6.45) is 1.70. The van der Waals surface area contributed by atoms with Gasteiger partial charge in [0.15, 0.2) is 11.6 Å². The fourth-order valence-electron chi connectivity index (χ4n) is 2.39. The van der Waals surface area contributed by atoms with E-state index in [0.717, 1.165) is 24.5 Å². The lowest BCUT2D eigenvalue weighted by Gasteiger charge is -2.21. The Morgan fingerprint density at radius 1 is 1.35 bits per heavy atom. The minimum atomic E-state index is -3.73. The van der Waals surface area contributed by atoms with E-state index in [9.17, 15) is 12.8 Å². The monoisotopic (exact) mass is 355 g/mol. The Bertz CT molecular complexity index is 771. The van der Waals surface area contributed by atoms with Gasteiger partial charge in [0.05, 0.1) is 11.5 Å². The van der Waals surface area contributed by atoms with Crippen LogP contribution in [0.2, 0.25) is 0 Å². The van der Waals surface area contributed by atoms with Gasteiger partial charge in [-0.05, 0) is 60.4 Å². The third-order valence-corrected chi connectivity index (χ3v) is 6.31. The molecule has 1 aromatic heterocycles. The molecule has 1 aliphatic rings. The molecule has 3 rings (SSSR count). The van der Waals surface area contributed by atoms with Gasteiger partial charge in [-0.1, -0.05) is 0 Å². The SMILES string of the molecule is CCOc1ccc(S(=O)(=O)N(Cc2ccsc2)C2CC2)cc1F. The van der Waals surface area contributed by atoms with Gasteiger partial charge in [0.25, 0.3) is 0 Å². The lowest BCUT2D eigenvalue weighted by Crippen LogP contribution is -2.32. The van der Waals surface area contributed by atoms with E-state index < -0.39 is 15.8 Å². The van der Waals surface area contributed by atoms with Gasteiger partial charge in [-0.25, -0.2) is 12.8 Å². The van der Waals surface area contributed by atoms with Crippen molar-refractivity contribution in [2.24, 2.45) is 0 Å². The van der Waals surface area contributed by atoms with E-state index in [1.54, 1.807) is 6.92 Å². The van der Waals surface area contributed by atoms with Crippen molar-refractivity contribution in [3.63, 3.8) is 0 Å². The second-order valence-electron chi connectivity index (χ2n) is 5.44. The molecule has 0 bridgehead atoms. The van der Waals surface area contributed by atoms with E-state index in [-0.39, 0.29) is 16.7 Å². The lowest BCUT2D eigenvalue weighted by atomic mass is 10.3. The number of halogens is 1. The van der Waals surface area contributed by atoms with Crippen LogP contribution < -0.4 is 4.74 Å². The summed E-state index contributed by atoms with van der Waals surface area (Å²) in [6.45, 7) is 2.40. The molecule has 23 heavy (non-hydrogen) atoms. The second-order valence-corrected chi connectivity index (χ2v) is 8.11. The molecule has 7 heteroatoms. The third kappa shape index (κ3) is 3.57. The Kier molecular flexibility index (Phi) is 4.70. The first-order chi connectivity index (χ1) is 11.0. The zero-order chi connectivity index (χ0) is 16.4. The van der Waals surface area contributed by atoms with Gasteiger partial charge in [-0.3, -0.25) is 0 Å². The van der Waals surface area contributed by atoms with Crippen molar-refractivity contribution >= 4 is 21.4 Å². The molecule has 0 amide bonds. The predicted molar refractivity (Wildman–Crippen MR) is 87.6 cm³/mol. The molecule has 0 saturated heterocycles. The summed E-state index contributed by atoms with van der Waals surface area (Å²) in [5.41, 5.74) is 0.955. The van der Waals surface area contributed by atoms with Crippen molar-refractivity contribution in [1.29, 1.82) is 0 Å². The highest BCUT2D eigenvalue weighted by molar-refractivity contribution is 7.89. The van der Waals surface area contributed by atoms with Crippen molar-refractivity contribution in [2.45, 2.75) is 37.2 Å². The summed E-state index contributed by atoms with van der Waals surface area (Å²) in [5, 5.41) is 3.85. The smallest absolute Gasteiger partial charge is 0.243 e. The normalized spacial score (nSPS) is 15.1. The Balaban J connectivity index is 1.90. The van der Waals surface area contributed by atoms with Gasteiger partial charge in [-0.2, -0.15) is 15.6 Å². The molecule has 0 unspecified atom stereocenters.